The van der Waals surface area contributed by atoms with Crippen molar-refractivity contribution >= 4 is 11.6 Å². The first kappa shape index (κ1) is 14.5. The van der Waals surface area contributed by atoms with Crippen molar-refractivity contribution in [3.05, 3.63) is 81.9 Å². The number of ketones is 2. The highest BCUT2D eigenvalue weighted by atomic mass is 16.1. The van der Waals surface area contributed by atoms with E-state index in [0.29, 0.717) is 22.3 Å². The van der Waals surface area contributed by atoms with E-state index < -0.39 is 0 Å². The van der Waals surface area contributed by atoms with E-state index in [0.717, 1.165) is 18.4 Å². The summed E-state index contributed by atoms with van der Waals surface area (Å²) in [7, 11) is 0. The van der Waals surface area contributed by atoms with Gasteiger partial charge in [0.2, 0.25) is 0 Å². The van der Waals surface area contributed by atoms with Crippen LogP contribution in [0.5, 0.6) is 0 Å². The van der Waals surface area contributed by atoms with Gasteiger partial charge in [-0.05, 0) is 32.3 Å². The van der Waals surface area contributed by atoms with Crippen LogP contribution in [0.4, 0.5) is 0 Å². The van der Waals surface area contributed by atoms with E-state index in [4.69, 9.17) is 0 Å². The van der Waals surface area contributed by atoms with Gasteiger partial charge in [0.15, 0.2) is 11.6 Å². The molecule has 2 heteroatoms. The monoisotopic (exact) mass is 290 g/mol. The maximum atomic E-state index is 12.8. The van der Waals surface area contributed by atoms with E-state index in [1.165, 1.54) is 5.57 Å². The van der Waals surface area contributed by atoms with Gasteiger partial charge in [-0.1, -0.05) is 54.1 Å². The topological polar surface area (TPSA) is 34.1 Å². The minimum absolute atomic E-state index is 0.0296. The van der Waals surface area contributed by atoms with Gasteiger partial charge in [-0.3, -0.25) is 9.59 Å². The summed E-state index contributed by atoms with van der Waals surface area (Å²) in [6.07, 6.45) is 3.81. The zero-order valence-electron chi connectivity index (χ0n) is 12.8. The lowest BCUT2D eigenvalue weighted by Crippen LogP contribution is -2.22. The van der Waals surface area contributed by atoms with E-state index in [-0.39, 0.29) is 11.6 Å². The highest BCUT2D eigenvalue weighted by Gasteiger charge is 2.30. The number of carbonyl (C=O) groups is 2. The second kappa shape index (κ2) is 5.72. The molecule has 1 aliphatic rings. The Morgan fingerprint density at radius 3 is 2.18 bits per heavy atom. The molecule has 0 radical (unpaired) electrons. The first-order valence-electron chi connectivity index (χ1n) is 7.53. The molecule has 0 spiro atoms. The van der Waals surface area contributed by atoms with Crippen LogP contribution in [-0.4, -0.2) is 11.6 Å². The fourth-order valence-corrected chi connectivity index (χ4v) is 2.94. The smallest absolute Gasteiger partial charge is 0.194 e. The lowest BCUT2D eigenvalue weighted by Gasteiger charge is -2.19. The van der Waals surface area contributed by atoms with Crippen molar-refractivity contribution < 1.29 is 9.59 Å². The van der Waals surface area contributed by atoms with Gasteiger partial charge >= 0.3 is 0 Å². The minimum atomic E-state index is -0.0470. The van der Waals surface area contributed by atoms with E-state index in [1.54, 1.807) is 30.3 Å². The lowest BCUT2D eigenvalue weighted by atomic mass is 9.81. The fraction of sp³-hybridized carbons (Fsp3) is 0.200. The van der Waals surface area contributed by atoms with Crippen LogP contribution in [0.15, 0.2) is 54.1 Å². The molecule has 0 N–H and O–H groups in total. The summed E-state index contributed by atoms with van der Waals surface area (Å²) < 4.78 is 0. The zero-order chi connectivity index (χ0) is 15.7. The van der Waals surface area contributed by atoms with Crippen LogP contribution >= 0.6 is 0 Å². The summed E-state index contributed by atoms with van der Waals surface area (Å²) in [6.45, 7) is 4.12. The van der Waals surface area contributed by atoms with Crippen LogP contribution in [0.2, 0.25) is 0 Å². The summed E-state index contributed by atoms with van der Waals surface area (Å²) in [5, 5.41) is 0. The predicted octanol–water partition coefficient (Wildman–Crippen LogP) is 4.36. The van der Waals surface area contributed by atoms with Crippen LogP contribution < -0.4 is 0 Å². The largest absolute Gasteiger partial charge is 0.289 e. The number of fused-ring (bicyclic) bond motifs is 2. The van der Waals surface area contributed by atoms with Crippen molar-refractivity contribution in [2.45, 2.75) is 26.7 Å². The number of carbonyl (C=O) groups excluding carboxylic acids is 2. The molecule has 1 aliphatic carbocycles. The van der Waals surface area contributed by atoms with Crippen molar-refractivity contribution in [2.24, 2.45) is 0 Å². The van der Waals surface area contributed by atoms with E-state index >= 15 is 0 Å². The highest BCUT2D eigenvalue weighted by molar-refractivity contribution is 6.28. The third-order valence-corrected chi connectivity index (χ3v) is 4.01. The van der Waals surface area contributed by atoms with Gasteiger partial charge < -0.3 is 0 Å². The van der Waals surface area contributed by atoms with Crippen molar-refractivity contribution in [1.29, 1.82) is 0 Å². The maximum Gasteiger partial charge on any atom is 0.194 e. The number of benzene rings is 2. The molecule has 0 bridgehead atoms. The molecule has 2 nitrogen and oxygen atoms in total. The van der Waals surface area contributed by atoms with Gasteiger partial charge in [-0.2, -0.15) is 0 Å². The van der Waals surface area contributed by atoms with Crippen molar-refractivity contribution in [1.82, 2.24) is 0 Å². The van der Waals surface area contributed by atoms with Crippen LogP contribution in [0.3, 0.4) is 0 Å². The van der Waals surface area contributed by atoms with Gasteiger partial charge in [-0.25, -0.2) is 0 Å². The van der Waals surface area contributed by atoms with Crippen LogP contribution in [-0.2, 0) is 6.42 Å². The van der Waals surface area contributed by atoms with Gasteiger partial charge in [0, 0.05) is 22.3 Å². The molecule has 0 fully saturated rings. The summed E-state index contributed by atoms with van der Waals surface area (Å²) in [4.78, 5) is 25.4. The van der Waals surface area contributed by atoms with Crippen molar-refractivity contribution in [3.8, 4) is 0 Å². The standard InChI is InChI=1S/C20H18O2/c1-13(2)7-5-8-14-9-6-12-17-18(14)20(22)16-11-4-3-10-15(16)19(17)21/h3-4,6-7,9-12H,5,8H2,1-2H3. The molecular formula is C20H18O2. The van der Waals surface area contributed by atoms with Crippen LogP contribution in [0.1, 0.15) is 57.7 Å². The van der Waals surface area contributed by atoms with Gasteiger partial charge in [0.05, 0.1) is 0 Å². The molecule has 22 heavy (non-hydrogen) atoms. The van der Waals surface area contributed by atoms with E-state index in [9.17, 15) is 9.59 Å². The molecule has 110 valence electrons. The first-order valence-corrected chi connectivity index (χ1v) is 7.53. The SMILES string of the molecule is CC(C)=CCCc1cccc2c1C(=O)c1ccccc1C2=O. The number of hydrogen-bond donors (Lipinski definition) is 0. The maximum absolute atomic E-state index is 12.8. The lowest BCUT2D eigenvalue weighted by molar-refractivity contribution is 0.0978. The first-order chi connectivity index (χ1) is 10.6. The van der Waals surface area contributed by atoms with Gasteiger partial charge in [0.25, 0.3) is 0 Å². The highest BCUT2D eigenvalue weighted by Crippen LogP contribution is 2.30. The van der Waals surface area contributed by atoms with Crippen molar-refractivity contribution in [3.63, 3.8) is 0 Å². The molecule has 2 aromatic carbocycles. The number of aryl methyl sites for hydroxylation is 1. The molecule has 0 atom stereocenters. The molecule has 0 saturated heterocycles. The summed E-state index contributed by atoms with van der Waals surface area (Å²) >= 11 is 0. The second-order valence-electron chi connectivity index (χ2n) is 5.86. The van der Waals surface area contributed by atoms with Crippen LogP contribution in [0.25, 0.3) is 0 Å². The third kappa shape index (κ3) is 2.41. The fourth-order valence-electron chi connectivity index (χ4n) is 2.94. The average molecular weight is 290 g/mol. The molecule has 0 aromatic heterocycles. The number of hydrogen-bond acceptors (Lipinski definition) is 2. The Morgan fingerprint density at radius 2 is 1.50 bits per heavy atom. The summed E-state index contributed by atoms with van der Waals surface area (Å²) in [6, 6.07) is 12.7. The van der Waals surface area contributed by atoms with E-state index in [2.05, 4.69) is 19.9 Å². The summed E-state index contributed by atoms with van der Waals surface area (Å²) in [5.41, 5.74) is 4.39. The molecule has 0 aliphatic heterocycles. The number of rotatable bonds is 3. The Morgan fingerprint density at radius 1 is 0.864 bits per heavy atom. The molecule has 0 heterocycles. The molecule has 0 saturated carbocycles. The van der Waals surface area contributed by atoms with Gasteiger partial charge in [0.1, 0.15) is 0 Å². The average Bonchev–Trinajstić information content (AvgIpc) is 2.52. The quantitative estimate of drug-likeness (QED) is 0.672. The molecule has 2 aromatic rings. The Bertz CT molecular complexity index is 793. The Kier molecular flexibility index (Phi) is 3.76. The molecule has 3 rings (SSSR count). The van der Waals surface area contributed by atoms with E-state index in [1.807, 2.05) is 12.1 Å². The van der Waals surface area contributed by atoms with Crippen molar-refractivity contribution in [2.75, 3.05) is 0 Å². The molecule has 0 amide bonds. The Balaban J connectivity index is 2.07. The normalized spacial score (nSPS) is 12.6. The van der Waals surface area contributed by atoms with Gasteiger partial charge in [-0.15, -0.1) is 0 Å². The number of allylic oxidation sites excluding steroid dienone is 2. The Labute approximate surface area is 130 Å². The second-order valence-corrected chi connectivity index (χ2v) is 5.86. The third-order valence-electron chi connectivity index (χ3n) is 4.01. The molecule has 0 unspecified atom stereocenters. The minimum Gasteiger partial charge on any atom is -0.289 e. The summed E-state index contributed by atoms with van der Waals surface area (Å²) in [5.74, 6) is -0.0766. The predicted molar refractivity (Wildman–Crippen MR) is 87.5 cm³/mol. The zero-order valence-corrected chi connectivity index (χ0v) is 12.8. The Hall–Kier alpha value is -2.48. The van der Waals surface area contributed by atoms with Crippen LogP contribution in [0, 0.1) is 0 Å². The molecular weight excluding hydrogens is 272 g/mol.